The van der Waals surface area contributed by atoms with Crippen LogP contribution in [0, 0.1) is 0 Å². The SMILES string of the molecule is C=CC(C)(C)c1cc([C@@]2(O)COc3cc(O)cc(O)c3C2=O)c(OC)cc1O. The highest BCUT2D eigenvalue weighted by molar-refractivity contribution is 6.08. The van der Waals surface area contributed by atoms with Crippen molar-refractivity contribution in [3.63, 3.8) is 0 Å². The lowest BCUT2D eigenvalue weighted by Gasteiger charge is -2.34. The van der Waals surface area contributed by atoms with Gasteiger partial charge >= 0.3 is 0 Å². The first-order valence-corrected chi connectivity index (χ1v) is 8.56. The molecular weight excluding hydrogens is 364 g/mol. The molecule has 148 valence electrons. The van der Waals surface area contributed by atoms with Gasteiger partial charge in [0.05, 0.1) is 7.11 Å². The molecule has 0 bridgehead atoms. The van der Waals surface area contributed by atoms with Crippen LogP contribution in [-0.2, 0) is 11.0 Å². The second kappa shape index (κ2) is 6.45. The number of carbonyl (C=O) groups excluding carboxylic acids is 1. The molecule has 2 aromatic rings. The van der Waals surface area contributed by atoms with Crippen LogP contribution in [0.2, 0.25) is 0 Å². The monoisotopic (exact) mass is 386 g/mol. The molecule has 1 atom stereocenters. The molecule has 0 unspecified atom stereocenters. The van der Waals surface area contributed by atoms with Gasteiger partial charge in [-0.1, -0.05) is 19.9 Å². The van der Waals surface area contributed by atoms with Crippen LogP contribution in [0.15, 0.2) is 36.9 Å². The Morgan fingerprint density at radius 3 is 2.46 bits per heavy atom. The number of hydrogen-bond donors (Lipinski definition) is 4. The Hall–Kier alpha value is -3.19. The maximum Gasteiger partial charge on any atom is 0.210 e. The Morgan fingerprint density at radius 2 is 1.86 bits per heavy atom. The summed E-state index contributed by atoms with van der Waals surface area (Å²) in [5.74, 6) is -1.61. The standard InChI is InChI=1S/C21H22O7/c1-5-20(2,3)12-8-13(16(27-4)9-14(12)23)21(26)10-28-17-7-11(22)6-15(24)18(17)19(21)25/h5-9,22-24,26H,1,10H2,2-4H3/t21-/m0/s1. The van der Waals surface area contributed by atoms with Crippen LogP contribution in [0.3, 0.4) is 0 Å². The molecule has 1 aliphatic rings. The van der Waals surface area contributed by atoms with E-state index in [0.29, 0.717) is 5.56 Å². The van der Waals surface area contributed by atoms with Crippen LogP contribution in [-0.4, -0.2) is 39.9 Å². The van der Waals surface area contributed by atoms with Crippen molar-refractivity contribution in [3.8, 4) is 28.7 Å². The number of rotatable bonds is 4. The lowest BCUT2D eigenvalue weighted by molar-refractivity contribution is -0.00682. The number of allylic oxidation sites excluding steroid dienone is 1. The Labute approximate surface area is 162 Å². The number of phenolic OH excluding ortho intramolecular Hbond substituents is 3. The number of Topliss-reactive ketones (excluding diaryl/α,β-unsaturated/α-hetero) is 1. The van der Waals surface area contributed by atoms with Crippen molar-refractivity contribution >= 4 is 5.78 Å². The zero-order valence-corrected chi connectivity index (χ0v) is 15.8. The van der Waals surface area contributed by atoms with Crippen LogP contribution < -0.4 is 9.47 Å². The highest BCUT2D eigenvalue weighted by Gasteiger charge is 2.48. The van der Waals surface area contributed by atoms with Gasteiger partial charge in [0.2, 0.25) is 5.78 Å². The molecule has 1 heterocycles. The average Bonchev–Trinajstić information content (AvgIpc) is 2.63. The van der Waals surface area contributed by atoms with Crippen molar-refractivity contribution in [3.05, 3.63) is 53.6 Å². The highest BCUT2D eigenvalue weighted by atomic mass is 16.5. The molecule has 3 rings (SSSR count). The van der Waals surface area contributed by atoms with E-state index in [-0.39, 0.29) is 34.1 Å². The van der Waals surface area contributed by atoms with E-state index in [9.17, 15) is 25.2 Å². The molecule has 1 aliphatic heterocycles. The fraction of sp³-hybridized carbons (Fsp3) is 0.286. The van der Waals surface area contributed by atoms with Crippen LogP contribution in [0.4, 0.5) is 0 Å². The molecule has 2 aromatic carbocycles. The number of hydrogen-bond acceptors (Lipinski definition) is 7. The number of ether oxygens (including phenoxy) is 2. The van der Waals surface area contributed by atoms with Gasteiger partial charge in [0.15, 0.2) is 5.60 Å². The van der Waals surface area contributed by atoms with Crippen molar-refractivity contribution < 1.29 is 34.7 Å². The zero-order chi connectivity index (χ0) is 20.9. The Balaban J connectivity index is 2.23. The number of aliphatic hydroxyl groups is 1. The molecule has 0 fully saturated rings. The molecule has 0 saturated carbocycles. The van der Waals surface area contributed by atoms with E-state index < -0.39 is 29.2 Å². The Morgan fingerprint density at radius 1 is 1.18 bits per heavy atom. The van der Waals surface area contributed by atoms with Gasteiger partial charge in [0, 0.05) is 34.7 Å². The van der Waals surface area contributed by atoms with Gasteiger partial charge in [-0.2, -0.15) is 0 Å². The quantitative estimate of drug-likeness (QED) is 0.597. The first-order valence-electron chi connectivity index (χ1n) is 8.56. The van der Waals surface area contributed by atoms with Crippen LogP contribution in [0.5, 0.6) is 28.7 Å². The summed E-state index contributed by atoms with van der Waals surface area (Å²) < 4.78 is 10.8. The van der Waals surface area contributed by atoms with E-state index in [4.69, 9.17) is 9.47 Å². The second-order valence-corrected chi connectivity index (χ2v) is 7.31. The average molecular weight is 386 g/mol. The smallest absolute Gasteiger partial charge is 0.210 e. The fourth-order valence-corrected chi connectivity index (χ4v) is 3.27. The van der Waals surface area contributed by atoms with Crippen molar-refractivity contribution in [1.29, 1.82) is 0 Å². The van der Waals surface area contributed by atoms with Gasteiger partial charge in [-0.15, -0.1) is 6.58 Å². The number of fused-ring (bicyclic) bond motifs is 1. The number of methoxy groups -OCH3 is 1. The molecule has 7 heteroatoms. The minimum atomic E-state index is -2.17. The number of aromatic hydroxyl groups is 3. The van der Waals surface area contributed by atoms with Crippen molar-refractivity contribution in [2.75, 3.05) is 13.7 Å². The molecule has 4 N–H and O–H groups in total. The molecule has 0 radical (unpaired) electrons. The summed E-state index contributed by atoms with van der Waals surface area (Å²) >= 11 is 0. The topological polar surface area (TPSA) is 116 Å². The first-order chi connectivity index (χ1) is 13.0. The molecule has 28 heavy (non-hydrogen) atoms. The maximum atomic E-state index is 13.1. The van der Waals surface area contributed by atoms with Gasteiger partial charge in [0.1, 0.15) is 40.9 Å². The summed E-state index contributed by atoms with van der Waals surface area (Å²) in [6.07, 6.45) is 1.63. The Bertz CT molecular complexity index is 977. The van der Waals surface area contributed by atoms with E-state index in [0.717, 1.165) is 6.07 Å². The summed E-state index contributed by atoms with van der Waals surface area (Å²) in [6, 6.07) is 4.96. The van der Waals surface area contributed by atoms with Crippen molar-refractivity contribution in [2.24, 2.45) is 0 Å². The van der Waals surface area contributed by atoms with Gasteiger partial charge in [-0.25, -0.2) is 0 Å². The first kappa shape index (κ1) is 19.6. The third-order valence-electron chi connectivity index (χ3n) is 5.07. The van der Waals surface area contributed by atoms with Crippen molar-refractivity contribution in [1.82, 2.24) is 0 Å². The normalized spacial score (nSPS) is 18.9. The zero-order valence-electron chi connectivity index (χ0n) is 15.8. The third-order valence-corrected chi connectivity index (χ3v) is 5.07. The maximum absolute atomic E-state index is 13.1. The van der Waals surface area contributed by atoms with Gasteiger partial charge in [0.25, 0.3) is 0 Å². The van der Waals surface area contributed by atoms with E-state index in [2.05, 4.69) is 6.58 Å². The van der Waals surface area contributed by atoms with Crippen LogP contribution in [0.25, 0.3) is 0 Å². The summed E-state index contributed by atoms with van der Waals surface area (Å²) in [7, 11) is 1.34. The molecular formula is C21H22O7. The Kier molecular flexibility index (Phi) is 4.51. The molecule has 0 aliphatic carbocycles. The lowest BCUT2D eigenvalue weighted by Crippen LogP contribution is -2.45. The van der Waals surface area contributed by atoms with Gasteiger partial charge in [-0.05, 0) is 6.07 Å². The largest absolute Gasteiger partial charge is 0.508 e. The summed E-state index contributed by atoms with van der Waals surface area (Å²) in [4.78, 5) is 13.1. The summed E-state index contributed by atoms with van der Waals surface area (Å²) in [5.41, 5.74) is -2.56. The third kappa shape index (κ3) is 2.84. The predicted molar refractivity (Wildman–Crippen MR) is 101 cm³/mol. The summed E-state index contributed by atoms with van der Waals surface area (Å²) in [5, 5.41) is 41.4. The van der Waals surface area contributed by atoms with E-state index in [1.54, 1.807) is 6.08 Å². The predicted octanol–water partition coefficient (Wildman–Crippen LogP) is 2.74. The second-order valence-electron chi connectivity index (χ2n) is 7.31. The van der Waals surface area contributed by atoms with E-state index >= 15 is 0 Å². The van der Waals surface area contributed by atoms with Gasteiger partial charge in [-0.3, -0.25) is 4.79 Å². The van der Waals surface area contributed by atoms with E-state index in [1.807, 2.05) is 13.8 Å². The molecule has 7 nitrogen and oxygen atoms in total. The van der Waals surface area contributed by atoms with Crippen molar-refractivity contribution in [2.45, 2.75) is 24.9 Å². The highest BCUT2D eigenvalue weighted by Crippen LogP contribution is 2.46. The number of carbonyl (C=O) groups is 1. The minimum absolute atomic E-state index is 0.0310. The molecule has 0 saturated heterocycles. The summed E-state index contributed by atoms with van der Waals surface area (Å²) in [6.45, 7) is 6.94. The number of ketones is 1. The van der Waals surface area contributed by atoms with Gasteiger partial charge < -0.3 is 29.9 Å². The van der Waals surface area contributed by atoms with Crippen LogP contribution >= 0.6 is 0 Å². The minimum Gasteiger partial charge on any atom is -0.508 e. The molecule has 0 aromatic heterocycles. The molecule has 0 spiro atoms. The molecule has 0 amide bonds. The lowest BCUT2D eigenvalue weighted by atomic mass is 9.78. The number of phenols is 3. The van der Waals surface area contributed by atoms with E-state index in [1.165, 1.54) is 25.3 Å². The number of benzene rings is 2. The fourth-order valence-electron chi connectivity index (χ4n) is 3.27. The van der Waals surface area contributed by atoms with Crippen LogP contribution in [0.1, 0.15) is 35.3 Å².